The molecule has 0 spiro atoms. The van der Waals surface area contributed by atoms with Gasteiger partial charge in [0, 0.05) is 6.54 Å². The predicted octanol–water partition coefficient (Wildman–Crippen LogP) is 0.809. The average molecular weight is 165 g/mol. The van der Waals surface area contributed by atoms with Crippen molar-refractivity contribution in [2.45, 2.75) is 26.3 Å². The van der Waals surface area contributed by atoms with Crippen molar-refractivity contribution >= 4 is 6.29 Å². The van der Waals surface area contributed by atoms with Crippen LogP contribution in [0.3, 0.4) is 0 Å². The van der Waals surface area contributed by atoms with E-state index in [1.54, 1.807) is 0 Å². The van der Waals surface area contributed by atoms with E-state index in [2.05, 4.69) is 10.3 Å². The van der Waals surface area contributed by atoms with Crippen molar-refractivity contribution in [3.05, 3.63) is 11.4 Å². The molecule has 0 amide bonds. The van der Waals surface area contributed by atoms with Gasteiger partial charge in [-0.15, -0.1) is 5.10 Å². The van der Waals surface area contributed by atoms with Crippen molar-refractivity contribution in [3.63, 3.8) is 0 Å². The minimum Gasteiger partial charge on any atom is -0.296 e. The van der Waals surface area contributed by atoms with Crippen LogP contribution in [-0.4, -0.2) is 21.3 Å². The largest absolute Gasteiger partial charge is 0.296 e. The van der Waals surface area contributed by atoms with Gasteiger partial charge in [0.2, 0.25) is 0 Å². The van der Waals surface area contributed by atoms with Crippen LogP contribution in [0, 0.1) is 12.8 Å². The molecular weight excluding hydrogens is 154 g/mol. The number of hydrogen-bond acceptors (Lipinski definition) is 3. The Morgan fingerprint density at radius 3 is 2.92 bits per heavy atom. The molecule has 1 fully saturated rings. The fourth-order valence-electron chi connectivity index (χ4n) is 1.20. The van der Waals surface area contributed by atoms with Gasteiger partial charge in [0.25, 0.3) is 0 Å². The average Bonchev–Trinajstić information content (AvgIpc) is 2.80. The Bertz CT molecular complexity index is 301. The maximum Gasteiger partial charge on any atom is 0.172 e. The van der Waals surface area contributed by atoms with Gasteiger partial charge < -0.3 is 0 Å². The zero-order valence-corrected chi connectivity index (χ0v) is 7.03. The maximum absolute atomic E-state index is 10.4. The second-order valence-electron chi connectivity index (χ2n) is 3.30. The minimum absolute atomic E-state index is 0.468. The van der Waals surface area contributed by atoms with Crippen molar-refractivity contribution < 1.29 is 4.79 Å². The van der Waals surface area contributed by atoms with E-state index in [0.717, 1.165) is 24.4 Å². The third kappa shape index (κ3) is 1.24. The van der Waals surface area contributed by atoms with Gasteiger partial charge in [-0.2, -0.15) is 0 Å². The summed E-state index contributed by atoms with van der Waals surface area (Å²) in [6.07, 6.45) is 3.33. The van der Waals surface area contributed by atoms with Crippen LogP contribution in [0.4, 0.5) is 0 Å². The first-order valence-electron chi connectivity index (χ1n) is 4.16. The summed E-state index contributed by atoms with van der Waals surface area (Å²) >= 11 is 0. The molecule has 2 rings (SSSR count). The predicted molar refractivity (Wildman–Crippen MR) is 42.9 cm³/mol. The molecule has 64 valence electrons. The van der Waals surface area contributed by atoms with Crippen LogP contribution in [0.15, 0.2) is 0 Å². The third-order valence-electron chi connectivity index (χ3n) is 2.26. The number of aromatic nitrogens is 3. The fraction of sp³-hybridized carbons (Fsp3) is 0.625. The second kappa shape index (κ2) is 2.69. The summed E-state index contributed by atoms with van der Waals surface area (Å²) in [7, 11) is 0. The molecule has 4 heteroatoms. The van der Waals surface area contributed by atoms with Crippen LogP contribution in [0.2, 0.25) is 0 Å². The van der Waals surface area contributed by atoms with Gasteiger partial charge in [0.15, 0.2) is 6.29 Å². The molecule has 4 nitrogen and oxygen atoms in total. The van der Waals surface area contributed by atoms with Gasteiger partial charge in [-0.1, -0.05) is 5.21 Å². The molecule has 1 aliphatic rings. The van der Waals surface area contributed by atoms with Crippen LogP contribution < -0.4 is 0 Å². The summed E-state index contributed by atoms with van der Waals surface area (Å²) in [5, 5.41) is 7.66. The topological polar surface area (TPSA) is 47.8 Å². The van der Waals surface area contributed by atoms with Crippen LogP contribution in [0.25, 0.3) is 0 Å². The van der Waals surface area contributed by atoms with E-state index in [1.807, 2.05) is 11.6 Å². The number of carbonyl (C=O) groups excluding carboxylic acids is 1. The summed E-state index contributed by atoms with van der Waals surface area (Å²) in [5.74, 6) is 0.768. The van der Waals surface area contributed by atoms with Gasteiger partial charge in [-0.05, 0) is 25.7 Å². The molecule has 0 bridgehead atoms. The molecule has 0 aromatic carbocycles. The minimum atomic E-state index is 0.468. The first-order chi connectivity index (χ1) is 5.81. The van der Waals surface area contributed by atoms with E-state index < -0.39 is 0 Å². The van der Waals surface area contributed by atoms with Crippen molar-refractivity contribution in [3.8, 4) is 0 Å². The van der Waals surface area contributed by atoms with E-state index in [1.165, 1.54) is 12.8 Å². The van der Waals surface area contributed by atoms with E-state index in [4.69, 9.17) is 0 Å². The van der Waals surface area contributed by atoms with Gasteiger partial charge >= 0.3 is 0 Å². The van der Waals surface area contributed by atoms with Gasteiger partial charge in [0.05, 0.1) is 5.69 Å². The second-order valence-corrected chi connectivity index (χ2v) is 3.30. The Labute approximate surface area is 70.6 Å². The lowest BCUT2D eigenvalue weighted by Crippen LogP contribution is -2.04. The molecule has 1 aromatic rings. The van der Waals surface area contributed by atoms with E-state index >= 15 is 0 Å². The highest BCUT2D eigenvalue weighted by Gasteiger charge is 2.23. The number of carbonyl (C=O) groups is 1. The summed E-state index contributed by atoms with van der Waals surface area (Å²) < 4.78 is 1.82. The lowest BCUT2D eigenvalue weighted by Gasteiger charge is -1.99. The normalized spacial score (nSPS) is 16.4. The molecule has 1 heterocycles. The van der Waals surface area contributed by atoms with Gasteiger partial charge in [0.1, 0.15) is 5.69 Å². The standard InChI is InChI=1S/C8H11N3O/c1-6-8(5-12)9-10-11(6)4-7-2-3-7/h5,7H,2-4H2,1H3. The quantitative estimate of drug-likeness (QED) is 0.623. The summed E-state index contributed by atoms with van der Waals surface area (Å²) in [6.45, 7) is 2.80. The highest BCUT2D eigenvalue weighted by Crippen LogP contribution is 2.30. The number of hydrogen-bond donors (Lipinski definition) is 0. The van der Waals surface area contributed by atoms with Crippen molar-refractivity contribution in [2.75, 3.05) is 0 Å². The number of rotatable bonds is 3. The Kier molecular flexibility index (Phi) is 1.67. The first kappa shape index (κ1) is 7.46. The third-order valence-corrected chi connectivity index (χ3v) is 2.26. The van der Waals surface area contributed by atoms with Crippen molar-refractivity contribution in [1.29, 1.82) is 0 Å². The zero-order chi connectivity index (χ0) is 8.55. The number of nitrogens with zero attached hydrogens (tertiary/aromatic N) is 3. The summed E-state index contributed by atoms with van der Waals surface area (Å²) in [4.78, 5) is 10.4. The highest BCUT2D eigenvalue weighted by molar-refractivity contribution is 5.72. The molecule has 12 heavy (non-hydrogen) atoms. The SMILES string of the molecule is Cc1c(C=O)nnn1CC1CC1. The first-order valence-corrected chi connectivity index (χ1v) is 4.16. The number of aldehydes is 1. The molecule has 1 saturated carbocycles. The monoisotopic (exact) mass is 165 g/mol. The smallest absolute Gasteiger partial charge is 0.172 e. The zero-order valence-electron chi connectivity index (χ0n) is 7.03. The molecule has 0 saturated heterocycles. The van der Waals surface area contributed by atoms with Crippen LogP contribution in [0.1, 0.15) is 29.0 Å². The van der Waals surface area contributed by atoms with E-state index in [0.29, 0.717) is 5.69 Å². The summed E-state index contributed by atoms with van der Waals surface area (Å²) in [6, 6.07) is 0. The molecule has 0 unspecified atom stereocenters. The van der Waals surface area contributed by atoms with Crippen molar-refractivity contribution in [2.24, 2.45) is 5.92 Å². The molecule has 1 aliphatic carbocycles. The lowest BCUT2D eigenvalue weighted by molar-refractivity contribution is 0.111. The molecule has 0 N–H and O–H groups in total. The van der Waals surface area contributed by atoms with Crippen LogP contribution in [0.5, 0.6) is 0 Å². The van der Waals surface area contributed by atoms with Crippen molar-refractivity contribution in [1.82, 2.24) is 15.0 Å². The Morgan fingerprint density at radius 2 is 2.42 bits per heavy atom. The van der Waals surface area contributed by atoms with Gasteiger partial charge in [-0.25, -0.2) is 4.68 Å². The fourth-order valence-corrected chi connectivity index (χ4v) is 1.20. The Hall–Kier alpha value is -1.19. The van der Waals surface area contributed by atoms with E-state index in [-0.39, 0.29) is 0 Å². The molecule has 1 aromatic heterocycles. The highest BCUT2D eigenvalue weighted by atomic mass is 16.1. The lowest BCUT2D eigenvalue weighted by atomic mass is 10.3. The molecular formula is C8H11N3O. The molecule has 0 atom stereocenters. The Balaban J connectivity index is 2.18. The molecule has 0 aliphatic heterocycles. The maximum atomic E-state index is 10.4. The Morgan fingerprint density at radius 1 is 1.67 bits per heavy atom. The summed E-state index contributed by atoms with van der Waals surface area (Å²) in [5.41, 5.74) is 1.35. The van der Waals surface area contributed by atoms with Crippen LogP contribution >= 0.6 is 0 Å². The van der Waals surface area contributed by atoms with Crippen LogP contribution in [-0.2, 0) is 6.54 Å². The van der Waals surface area contributed by atoms with E-state index in [9.17, 15) is 4.79 Å². The van der Waals surface area contributed by atoms with Gasteiger partial charge in [-0.3, -0.25) is 4.79 Å². The molecule has 0 radical (unpaired) electrons.